The third-order valence-corrected chi connectivity index (χ3v) is 3.89. The number of hydrogen-bond acceptors (Lipinski definition) is 4. The highest BCUT2D eigenvalue weighted by atomic mass is 35.5. The van der Waals surface area contributed by atoms with Crippen LogP contribution in [0.2, 0.25) is 5.02 Å². The highest BCUT2D eigenvalue weighted by Crippen LogP contribution is 2.15. The minimum absolute atomic E-state index is 0.0335. The lowest BCUT2D eigenvalue weighted by Gasteiger charge is -2.31. The van der Waals surface area contributed by atoms with Crippen LogP contribution in [0.5, 0.6) is 5.75 Å². The Hall–Kier alpha value is -2.15. The molecule has 1 fully saturated rings. The van der Waals surface area contributed by atoms with Gasteiger partial charge in [-0.15, -0.1) is 0 Å². The van der Waals surface area contributed by atoms with Gasteiger partial charge in [-0.25, -0.2) is 9.59 Å². The van der Waals surface area contributed by atoms with Gasteiger partial charge in [0.2, 0.25) is 0 Å². The number of piperidine rings is 1. The predicted molar refractivity (Wildman–Crippen MR) is 90.2 cm³/mol. The van der Waals surface area contributed by atoms with E-state index in [0.29, 0.717) is 43.3 Å². The Morgan fingerprint density at radius 1 is 1.25 bits per heavy atom. The van der Waals surface area contributed by atoms with Crippen molar-refractivity contribution in [1.29, 1.82) is 0 Å². The highest BCUT2D eigenvalue weighted by Gasteiger charge is 2.24. The third kappa shape index (κ3) is 5.81. The smallest absolute Gasteiger partial charge is 0.409 e. The van der Waals surface area contributed by atoms with Crippen LogP contribution in [-0.2, 0) is 4.74 Å². The van der Waals surface area contributed by atoms with Crippen LogP contribution in [0.4, 0.5) is 9.59 Å². The first-order valence-electron chi connectivity index (χ1n) is 7.93. The first kappa shape index (κ1) is 18.2. The molecule has 1 aromatic rings. The standard InChI is InChI=1S/C16H22ClN3O4/c1-2-23-16(22)20-9-7-13(8-10-20)19-15(21)18-11-24-14-5-3-12(17)4-6-14/h3-6,13H,2,7-11H2,1H3,(H2,18,19,21). The third-order valence-electron chi connectivity index (χ3n) is 3.64. The van der Waals surface area contributed by atoms with Gasteiger partial charge in [0.1, 0.15) is 5.75 Å². The van der Waals surface area contributed by atoms with E-state index in [1.807, 2.05) is 0 Å². The summed E-state index contributed by atoms with van der Waals surface area (Å²) in [4.78, 5) is 25.1. The van der Waals surface area contributed by atoms with Gasteiger partial charge in [0.25, 0.3) is 0 Å². The molecule has 1 heterocycles. The SMILES string of the molecule is CCOC(=O)N1CCC(NC(=O)NCOc2ccc(Cl)cc2)CC1. The highest BCUT2D eigenvalue weighted by molar-refractivity contribution is 6.30. The van der Waals surface area contributed by atoms with Crippen molar-refractivity contribution < 1.29 is 19.1 Å². The number of likely N-dealkylation sites (tertiary alicyclic amines) is 1. The Kier molecular flexibility index (Phi) is 6.99. The Morgan fingerprint density at radius 3 is 2.54 bits per heavy atom. The van der Waals surface area contributed by atoms with Crippen molar-refractivity contribution in [2.45, 2.75) is 25.8 Å². The fourth-order valence-corrected chi connectivity index (χ4v) is 2.50. The van der Waals surface area contributed by atoms with Crippen molar-refractivity contribution in [3.8, 4) is 5.75 Å². The molecule has 0 aliphatic carbocycles. The van der Waals surface area contributed by atoms with Crippen molar-refractivity contribution in [1.82, 2.24) is 15.5 Å². The second-order valence-electron chi connectivity index (χ2n) is 5.35. The molecule has 3 amide bonds. The first-order valence-corrected chi connectivity index (χ1v) is 8.30. The largest absolute Gasteiger partial charge is 0.473 e. The zero-order chi connectivity index (χ0) is 17.4. The summed E-state index contributed by atoms with van der Waals surface area (Å²) in [5, 5.41) is 6.14. The van der Waals surface area contributed by atoms with Gasteiger partial charge in [-0.3, -0.25) is 0 Å². The second kappa shape index (κ2) is 9.22. The van der Waals surface area contributed by atoms with Gasteiger partial charge >= 0.3 is 12.1 Å². The molecule has 0 saturated carbocycles. The van der Waals surface area contributed by atoms with Crippen molar-refractivity contribution in [3.63, 3.8) is 0 Å². The van der Waals surface area contributed by atoms with Crippen LogP contribution in [0.3, 0.4) is 0 Å². The monoisotopic (exact) mass is 355 g/mol. The van der Waals surface area contributed by atoms with E-state index >= 15 is 0 Å². The fourth-order valence-electron chi connectivity index (χ4n) is 2.37. The van der Waals surface area contributed by atoms with E-state index in [2.05, 4.69) is 10.6 Å². The molecule has 1 aliphatic rings. The predicted octanol–water partition coefficient (Wildman–Crippen LogP) is 2.60. The molecule has 0 radical (unpaired) electrons. The molecule has 2 N–H and O–H groups in total. The van der Waals surface area contributed by atoms with Crippen LogP contribution in [-0.4, -0.2) is 49.5 Å². The number of nitrogens with one attached hydrogen (secondary N) is 2. The van der Waals surface area contributed by atoms with E-state index in [1.165, 1.54) is 0 Å². The van der Waals surface area contributed by atoms with E-state index in [4.69, 9.17) is 21.1 Å². The number of hydrogen-bond donors (Lipinski definition) is 2. The summed E-state index contributed by atoms with van der Waals surface area (Å²) in [6.07, 6.45) is 1.10. The Balaban J connectivity index is 1.63. The molecule has 0 atom stereocenters. The molecular formula is C16H22ClN3O4. The van der Waals surface area contributed by atoms with Gasteiger partial charge in [0.15, 0.2) is 6.73 Å². The van der Waals surface area contributed by atoms with Crippen LogP contribution in [0.1, 0.15) is 19.8 Å². The van der Waals surface area contributed by atoms with Crippen LogP contribution < -0.4 is 15.4 Å². The summed E-state index contributed by atoms with van der Waals surface area (Å²) >= 11 is 5.78. The van der Waals surface area contributed by atoms with Crippen LogP contribution in [0.25, 0.3) is 0 Å². The van der Waals surface area contributed by atoms with E-state index < -0.39 is 0 Å². The maximum atomic E-state index is 11.8. The van der Waals surface area contributed by atoms with Crippen molar-refractivity contribution in [3.05, 3.63) is 29.3 Å². The number of amides is 3. The van der Waals surface area contributed by atoms with Crippen molar-refractivity contribution in [2.24, 2.45) is 0 Å². The maximum Gasteiger partial charge on any atom is 0.409 e. The summed E-state index contributed by atoms with van der Waals surface area (Å²) in [6.45, 7) is 3.36. The molecule has 0 unspecified atom stereocenters. The normalized spacial score (nSPS) is 14.8. The van der Waals surface area contributed by atoms with E-state index in [1.54, 1.807) is 36.1 Å². The number of urea groups is 1. The molecule has 0 aromatic heterocycles. The lowest BCUT2D eigenvalue weighted by atomic mass is 10.1. The minimum atomic E-state index is -0.295. The van der Waals surface area contributed by atoms with Gasteiger partial charge in [-0.2, -0.15) is 0 Å². The molecule has 0 bridgehead atoms. The molecule has 1 saturated heterocycles. The van der Waals surface area contributed by atoms with E-state index in [0.717, 1.165) is 0 Å². The molecule has 2 rings (SSSR count). The lowest BCUT2D eigenvalue weighted by Crippen LogP contribution is -2.49. The van der Waals surface area contributed by atoms with Gasteiger partial charge < -0.3 is 25.0 Å². The summed E-state index contributed by atoms with van der Waals surface area (Å²) < 4.78 is 10.4. The molecule has 0 spiro atoms. The molecular weight excluding hydrogens is 334 g/mol. The number of carbonyl (C=O) groups is 2. The Labute approximate surface area is 146 Å². The average molecular weight is 356 g/mol. The minimum Gasteiger partial charge on any atom is -0.473 e. The number of carbonyl (C=O) groups excluding carboxylic acids is 2. The summed E-state index contributed by atoms with van der Waals surface area (Å²) in [7, 11) is 0. The van der Waals surface area contributed by atoms with Crippen molar-refractivity contribution in [2.75, 3.05) is 26.4 Å². The lowest BCUT2D eigenvalue weighted by molar-refractivity contribution is 0.0956. The number of rotatable bonds is 5. The molecule has 8 heteroatoms. The van der Waals surface area contributed by atoms with E-state index in [9.17, 15) is 9.59 Å². The molecule has 24 heavy (non-hydrogen) atoms. The number of halogens is 1. The maximum absolute atomic E-state index is 11.8. The summed E-state index contributed by atoms with van der Waals surface area (Å²) in [5.74, 6) is 0.627. The van der Waals surface area contributed by atoms with Gasteiger partial charge in [0.05, 0.1) is 6.61 Å². The summed E-state index contributed by atoms with van der Waals surface area (Å²) in [6, 6.07) is 6.63. The topological polar surface area (TPSA) is 79.9 Å². The van der Waals surface area contributed by atoms with Crippen molar-refractivity contribution >= 4 is 23.7 Å². The second-order valence-corrected chi connectivity index (χ2v) is 5.79. The number of benzene rings is 1. The van der Waals surface area contributed by atoms with Gasteiger partial charge in [-0.05, 0) is 44.0 Å². The molecule has 1 aliphatic heterocycles. The quantitative estimate of drug-likeness (QED) is 0.796. The first-order chi connectivity index (χ1) is 11.6. The van der Waals surface area contributed by atoms with E-state index in [-0.39, 0.29) is 24.9 Å². The molecule has 132 valence electrons. The van der Waals surface area contributed by atoms with Gasteiger partial charge in [-0.1, -0.05) is 11.6 Å². The zero-order valence-corrected chi connectivity index (χ0v) is 14.3. The van der Waals surface area contributed by atoms with Crippen LogP contribution in [0.15, 0.2) is 24.3 Å². The number of nitrogens with zero attached hydrogens (tertiary/aromatic N) is 1. The fraction of sp³-hybridized carbons (Fsp3) is 0.500. The Bertz CT molecular complexity index is 545. The van der Waals surface area contributed by atoms with Crippen LogP contribution in [0, 0.1) is 0 Å². The molecule has 1 aromatic carbocycles. The Morgan fingerprint density at radius 2 is 1.92 bits per heavy atom. The average Bonchev–Trinajstić information content (AvgIpc) is 2.57. The van der Waals surface area contributed by atoms with Crippen LogP contribution >= 0.6 is 11.6 Å². The zero-order valence-electron chi connectivity index (χ0n) is 13.6. The number of ether oxygens (including phenoxy) is 2. The van der Waals surface area contributed by atoms with Gasteiger partial charge in [0, 0.05) is 24.2 Å². The summed E-state index contributed by atoms with van der Waals surface area (Å²) in [5.41, 5.74) is 0. The molecule has 7 nitrogen and oxygen atoms in total.